The van der Waals surface area contributed by atoms with E-state index in [0.717, 1.165) is 57.1 Å². The second kappa shape index (κ2) is 7.81. The van der Waals surface area contributed by atoms with E-state index in [1.807, 2.05) is 0 Å². The molecule has 0 aromatic heterocycles. The summed E-state index contributed by atoms with van der Waals surface area (Å²) in [5.41, 5.74) is 1.08. The Kier molecular flexibility index (Phi) is 6.07. The summed E-state index contributed by atoms with van der Waals surface area (Å²) in [6, 6.07) is 0. The number of unbranched alkanes of at least 4 members (excludes halogenated alkanes) is 2. The van der Waals surface area contributed by atoms with Crippen molar-refractivity contribution in [3.63, 3.8) is 0 Å². The lowest BCUT2D eigenvalue weighted by molar-refractivity contribution is 0.140. The quantitative estimate of drug-likeness (QED) is 0.398. The van der Waals surface area contributed by atoms with E-state index in [2.05, 4.69) is 24.3 Å². The standard InChI is InChI=1S/C17H30N2O2/c1-3-5-10-15(11-6-4-2)19-21-16(20)18-17-12-8-7-9-14(17)13-17/h14H,3-13H2,1-2H3,(H,18,20). The summed E-state index contributed by atoms with van der Waals surface area (Å²) >= 11 is 0. The molecule has 0 radical (unpaired) electrons. The largest absolute Gasteiger partial charge is 0.433 e. The predicted octanol–water partition coefficient (Wildman–Crippen LogP) is 4.78. The number of nitrogens with zero attached hydrogens (tertiary/aromatic N) is 1. The van der Waals surface area contributed by atoms with Gasteiger partial charge in [-0.05, 0) is 50.9 Å². The van der Waals surface area contributed by atoms with Crippen LogP contribution in [0.3, 0.4) is 0 Å². The van der Waals surface area contributed by atoms with Gasteiger partial charge >= 0.3 is 6.09 Å². The van der Waals surface area contributed by atoms with E-state index < -0.39 is 0 Å². The lowest BCUT2D eigenvalue weighted by atomic mass is 9.95. The molecular formula is C17H30N2O2. The molecule has 1 amide bonds. The zero-order chi connectivity index (χ0) is 15.1. The minimum absolute atomic E-state index is 0.0534. The second-order valence-corrected chi connectivity index (χ2v) is 6.67. The maximum absolute atomic E-state index is 12.0. The van der Waals surface area contributed by atoms with Gasteiger partial charge in [-0.1, -0.05) is 44.7 Å². The van der Waals surface area contributed by atoms with Gasteiger partial charge in [0.05, 0.1) is 5.71 Å². The molecule has 4 nitrogen and oxygen atoms in total. The molecule has 120 valence electrons. The Morgan fingerprint density at radius 1 is 1.24 bits per heavy atom. The minimum Gasteiger partial charge on any atom is -0.314 e. The van der Waals surface area contributed by atoms with Gasteiger partial charge in [-0.25, -0.2) is 4.79 Å². The summed E-state index contributed by atoms with van der Waals surface area (Å²) in [4.78, 5) is 17.1. The third-order valence-electron chi connectivity index (χ3n) is 4.90. The van der Waals surface area contributed by atoms with E-state index in [9.17, 15) is 4.79 Å². The molecule has 2 saturated carbocycles. The van der Waals surface area contributed by atoms with Crippen molar-refractivity contribution in [2.24, 2.45) is 11.1 Å². The van der Waals surface area contributed by atoms with Crippen molar-refractivity contribution in [2.45, 2.75) is 90.0 Å². The Morgan fingerprint density at radius 3 is 2.57 bits per heavy atom. The molecule has 1 N–H and O–H groups in total. The SMILES string of the molecule is CCCCC(CCCC)=NOC(=O)NC12CCCCC1C2. The lowest BCUT2D eigenvalue weighted by Crippen LogP contribution is -2.39. The molecule has 2 rings (SSSR count). The summed E-state index contributed by atoms with van der Waals surface area (Å²) in [6.45, 7) is 4.33. The molecule has 0 aromatic carbocycles. The number of rotatable bonds is 8. The van der Waals surface area contributed by atoms with Crippen LogP contribution in [0.2, 0.25) is 0 Å². The van der Waals surface area contributed by atoms with Crippen LogP contribution in [-0.2, 0) is 4.84 Å². The number of hydrogen-bond acceptors (Lipinski definition) is 3. The summed E-state index contributed by atoms with van der Waals surface area (Å²) in [5, 5.41) is 7.19. The first-order chi connectivity index (χ1) is 10.2. The fourth-order valence-electron chi connectivity index (χ4n) is 3.42. The molecule has 0 aliphatic heterocycles. The molecule has 0 heterocycles. The van der Waals surface area contributed by atoms with Crippen LogP contribution in [0.4, 0.5) is 4.79 Å². The van der Waals surface area contributed by atoms with Gasteiger partial charge in [0.25, 0.3) is 0 Å². The smallest absolute Gasteiger partial charge is 0.314 e. The summed E-state index contributed by atoms with van der Waals surface area (Å²) < 4.78 is 0. The van der Waals surface area contributed by atoms with Gasteiger partial charge < -0.3 is 5.32 Å². The first-order valence-corrected chi connectivity index (χ1v) is 8.75. The third kappa shape index (κ3) is 4.72. The molecule has 0 saturated heterocycles. The number of nitrogens with one attached hydrogen (secondary N) is 1. The van der Waals surface area contributed by atoms with Crippen molar-refractivity contribution in [1.29, 1.82) is 0 Å². The van der Waals surface area contributed by atoms with Gasteiger partial charge in [0.1, 0.15) is 0 Å². The van der Waals surface area contributed by atoms with Gasteiger partial charge in [-0.15, -0.1) is 0 Å². The Hall–Kier alpha value is -1.06. The van der Waals surface area contributed by atoms with Crippen LogP contribution in [0.25, 0.3) is 0 Å². The molecule has 2 aliphatic carbocycles. The van der Waals surface area contributed by atoms with E-state index in [-0.39, 0.29) is 11.6 Å². The Balaban J connectivity index is 1.78. The first-order valence-electron chi connectivity index (χ1n) is 8.75. The normalized spacial score (nSPS) is 26.7. The van der Waals surface area contributed by atoms with Crippen LogP contribution in [0.15, 0.2) is 5.16 Å². The summed E-state index contributed by atoms with van der Waals surface area (Å²) in [5.74, 6) is 0.683. The number of hydrogen-bond donors (Lipinski definition) is 1. The molecule has 2 unspecified atom stereocenters. The van der Waals surface area contributed by atoms with Crippen molar-refractivity contribution in [1.82, 2.24) is 5.32 Å². The fourth-order valence-corrected chi connectivity index (χ4v) is 3.42. The van der Waals surface area contributed by atoms with Crippen molar-refractivity contribution in [3.8, 4) is 0 Å². The van der Waals surface area contributed by atoms with E-state index >= 15 is 0 Å². The summed E-state index contributed by atoms with van der Waals surface area (Å²) in [7, 11) is 0. The van der Waals surface area contributed by atoms with Crippen LogP contribution >= 0.6 is 0 Å². The maximum Gasteiger partial charge on any atom is 0.433 e. The lowest BCUT2D eigenvalue weighted by Gasteiger charge is -2.22. The van der Waals surface area contributed by atoms with Crippen molar-refractivity contribution in [3.05, 3.63) is 0 Å². The summed E-state index contributed by atoms with van der Waals surface area (Å²) in [6.07, 6.45) is 12.0. The van der Waals surface area contributed by atoms with Crippen molar-refractivity contribution in [2.75, 3.05) is 0 Å². The topological polar surface area (TPSA) is 50.7 Å². The van der Waals surface area contributed by atoms with Crippen molar-refractivity contribution >= 4 is 11.8 Å². The van der Waals surface area contributed by atoms with Crippen LogP contribution < -0.4 is 5.32 Å². The van der Waals surface area contributed by atoms with Crippen LogP contribution in [0.1, 0.15) is 84.5 Å². The zero-order valence-electron chi connectivity index (χ0n) is 13.6. The Morgan fingerprint density at radius 2 is 1.95 bits per heavy atom. The van der Waals surface area contributed by atoms with Crippen LogP contribution in [0.5, 0.6) is 0 Å². The van der Waals surface area contributed by atoms with Gasteiger partial charge in [-0.2, -0.15) is 0 Å². The van der Waals surface area contributed by atoms with Gasteiger partial charge in [0.2, 0.25) is 0 Å². The van der Waals surface area contributed by atoms with Gasteiger partial charge in [-0.3, -0.25) is 4.84 Å². The molecule has 4 heteroatoms. The molecule has 2 fully saturated rings. The van der Waals surface area contributed by atoms with E-state index in [0.29, 0.717) is 5.92 Å². The third-order valence-corrected chi connectivity index (χ3v) is 4.90. The number of oxime groups is 1. The number of fused-ring (bicyclic) bond motifs is 1. The average Bonchev–Trinajstić information content (AvgIpc) is 3.20. The Labute approximate surface area is 128 Å². The van der Waals surface area contributed by atoms with E-state index in [1.165, 1.54) is 19.3 Å². The van der Waals surface area contributed by atoms with Crippen LogP contribution in [-0.4, -0.2) is 17.3 Å². The average molecular weight is 294 g/mol. The molecule has 0 aromatic rings. The number of amides is 1. The Bertz CT molecular complexity index is 371. The highest BCUT2D eigenvalue weighted by molar-refractivity contribution is 5.84. The molecule has 0 bridgehead atoms. The van der Waals surface area contributed by atoms with E-state index in [1.54, 1.807) is 0 Å². The molecule has 0 spiro atoms. The van der Waals surface area contributed by atoms with Gasteiger partial charge in [0.15, 0.2) is 0 Å². The highest BCUT2D eigenvalue weighted by Crippen LogP contribution is 2.53. The highest BCUT2D eigenvalue weighted by Gasteiger charge is 2.56. The molecular weight excluding hydrogens is 264 g/mol. The second-order valence-electron chi connectivity index (χ2n) is 6.67. The number of carbonyl (C=O) groups excluding carboxylic acids is 1. The fraction of sp³-hybridized carbons (Fsp3) is 0.882. The minimum atomic E-state index is -0.357. The molecule has 21 heavy (non-hydrogen) atoms. The zero-order valence-corrected chi connectivity index (χ0v) is 13.6. The highest BCUT2D eigenvalue weighted by atomic mass is 16.7. The van der Waals surface area contributed by atoms with Crippen LogP contribution in [0, 0.1) is 5.92 Å². The van der Waals surface area contributed by atoms with Gasteiger partial charge in [0, 0.05) is 5.54 Å². The predicted molar refractivity (Wildman–Crippen MR) is 85.4 cm³/mol. The first kappa shape index (κ1) is 16.3. The maximum atomic E-state index is 12.0. The van der Waals surface area contributed by atoms with E-state index in [4.69, 9.17) is 4.84 Å². The monoisotopic (exact) mass is 294 g/mol. The van der Waals surface area contributed by atoms with Crippen molar-refractivity contribution < 1.29 is 9.63 Å². The number of carbonyl (C=O) groups is 1. The molecule has 2 atom stereocenters. The molecule has 2 aliphatic rings.